The Morgan fingerprint density at radius 3 is 2.58 bits per heavy atom. The average Bonchev–Trinajstić information content (AvgIpc) is 2.92. The Morgan fingerprint density at radius 2 is 1.96 bits per heavy atom. The van der Waals surface area contributed by atoms with E-state index in [4.69, 9.17) is 21.1 Å². The van der Waals surface area contributed by atoms with Gasteiger partial charge in [-0.2, -0.15) is 0 Å². The van der Waals surface area contributed by atoms with Crippen molar-refractivity contribution in [3.8, 4) is 11.5 Å². The van der Waals surface area contributed by atoms with Crippen LogP contribution in [0.15, 0.2) is 41.3 Å². The highest BCUT2D eigenvalue weighted by Crippen LogP contribution is 2.38. The molecule has 0 unspecified atom stereocenters. The van der Waals surface area contributed by atoms with E-state index in [9.17, 15) is 14.0 Å². The molecule has 2 aromatic rings. The molecule has 0 atom stereocenters. The Hall–Kier alpha value is -2.51. The van der Waals surface area contributed by atoms with Crippen LogP contribution in [0.1, 0.15) is 11.1 Å². The van der Waals surface area contributed by atoms with Gasteiger partial charge < -0.3 is 9.47 Å². The van der Waals surface area contributed by atoms with Gasteiger partial charge in [-0.25, -0.2) is 4.39 Å². The molecule has 8 heteroatoms. The van der Waals surface area contributed by atoms with Crippen LogP contribution in [0.25, 0.3) is 6.08 Å². The molecule has 0 bridgehead atoms. The second-order valence-corrected chi connectivity index (χ2v) is 6.72. The molecule has 1 aliphatic rings. The van der Waals surface area contributed by atoms with E-state index in [2.05, 4.69) is 5.32 Å². The number of methoxy groups -OCH3 is 1. The highest BCUT2D eigenvalue weighted by Gasteiger charge is 2.25. The Bertz CT molecular complexity index is 899. The van der Waals surface area contributed by atoms with Gasteiger partial charge in [0.2, 0.25) is 0 Å². The molecule has 1 heterocycles. The zero-order valence-corrected chi connectivity index (χ0v) is 15.1. The first-order chi connectivity index (χ1) is 12.5. The Labute approximate surface area is 158 Å². The number of ether oxygens (including phenoxy) is 2. The number of hydrogen-bond acceptors (Lipinski definition) is 5. The Morgan fingerprint density at radius 1 is 1.23 bits per heavy atom. The molecule has 0 aromatic heterocycles. The first kappa shape index (κ1) is 18.3. The molecule has 0 saturated carbocycles. The lowest BCUT2D eigenvalue weighted by Gasteiger charge is -2.13. The lowest BCUT2D eigenvalue weighted by molar-refractivity contribution is -0.115. The zero-order valence-electron chi connectivity index (χ0n) is 13.5. The first-order valence-electron chi connectivity index (χ1n) is 7.46. The maximum atomic E-state index is 13.0. The van der Waals surface area contributed by atoms with Crippen LogP contribution in [0.2, 0.25) is 5.02 Å². The summed E-state index contributed by atoms with van der Waals surface area (Å²) in [6, 6.07) is 9.17. The van der Waals surface area contributed by atoms with Crippen molar-refractivity contribution in [2.45, 2.75) is 6.61 Å². The maximum absolute atomic E-state index is 13.0. The van der Waals surface area contributed by atoms with Gasteiger partial charge in [0.15, 0.2) is 11.5 Å². The van der Waals surface area contributed by atoms with Crippen molar-refractivity contribution in [1.82, 2.24) is 5.32 Å². The highest BCUT2D eigenvalue weighted by molar-refractivity contribution is 8.18. The van der Waals surface area contributed by atoms with E-state index in [1.54, 1.807) is 30.3 Å². The van der Waals surface area contributed by atoms with Gasteiger partial charge in [0.25, 0.3) is 11.1 Å². The van der Waals surface area contributed by atoms with E-state index in [-0.39, 0.29) is 22.4 Å². The summed E-state index contributed by atoms with van der Waals surface area (Å²) in [5.41, 5.74) is 1.36. The predicted molar refractivity (Wildman–Crippen MR) is 97.8 cm³/mol. The number of imide groups is 1. The van der Waals surface area contributed by atoms with E-state index in [0.29, 0.717) is 17.1 Å². The van der Waals surface area contributed by atoms with Gasteiger partial charge in [-0.1, -0.05) is 23.7 Å². The molecule has 1 saturated heterocycles. The molecule has 1 N–H and O–H groups in total. The van der Waals surface area contributed by atoms with E-state index in [1.165, 1.54) is 19.2 Å². The van der Waals surface area contributed by atoms with Gasteiger partial charge in [-0.05, 0) is 53.2 Å². The minimum atomic E-state index is -0.452. The van der Waals surface area contributed by atoms with Gasteiger partial charge in [-0.15, -0.1) is 0 Å². The van der Waals surface area contributed by atoms with Crippen molar-refractivity contribution in [1.29, 1.82) is 0 Å². The quantitative estimate of drug-likeness (QED) is 0.763. The number of amides is 2. The average molecular weight is 394 g/mol. The predicted octanol–water partition coefficient (Wildman–Crippen LogP) is 4.39. The molecule has 2 amide bonds. The molecule has 3 rings (SSSR count). The second kappa shape index (κ2) is 7.80. The largest absolute Gasteiger partial charge is 0.493 e. The lowest BCUT2D eigenvalue weighted by atomic mass is 10.1. The summed E-state index contributed by atoms with van der Waals surface area (Å²) in [7, 11) is 1.47. The van der Waals surface area contributed by atoms with Crippen LogP contribution < -0.4 is 14.8 Å². The van der Waals surface area contributed by atoms with E-state index in [0.717, 1.165) is 17.3 Å². The van der Waals surface area contributed by atoms with E-state index >= 15 is 0 Å². The van der Waals surface area contributed by atoms with Crippen LogP contribution in [0.3, 0.4) is 0 Å². The molecule has 0 radical (unpaired) electrons. The van der Waals surface area contributed by atoms with Gasteiger partial charge in [0.1, 0.15) is 12.4 Å². The molecule has 1 fully saturated rings. The standard InChI is InChI=1S/C18H13ClFNO4S/c1-24-14-7-11(8-15-17(22)21-18(23)26-15)6-13(19)16(14)25-9-10-2-4-12(20)5-3-10/h2-8H,9H2,1H3,(H,21,22,23)/b15-8-. The van der Waals surface area contributed by atoms with Crippen molar-refractivity contribution >= 4 is 40.6 Å². The number of carbonyl (C=O) groups excluding carboxylic acids is 2. The molecule has 0 aliphatic carbocycles. The molecule has 5 nitrogen and oxygen atoms in total. The fraction of sp³-hybridized carbons (Fsp3) is 0.111. The summed E-state index contributed by atoms with van der Waals surface area (Å²) in [5.74, 6) is -0.0674. The number of nitrogens with one attached hydrogen (secondary N) is 1. The number of rotatable bonds is 5. The monoisotopic (exact) mass is 393 g/mol. The number of halogens is 2. The smallest absolute Gasteiger partial charge is 0.290 e. The molecule has 134 valence electrons. The number of thioether (sulfide) groups is 1. The third-order valence-corrected chi connectivity index (χ3v) is 4.58. The number of carbonyl (C=O) groups is 2. The van der Waals surface area contributed by atoms with Crippen LogP contribution in [-0.4, -0.2) is 18.3 Å². The van der Waals surface area contributed by atoms with Crippen LogP contribution >= 0.6 is 23.4 Å². The summed E-state index contributed by atoms with van der Waals surface area (Å²) in [4.78, 5) is 23.1. The molecule has 26 heavy (non-hydrogen) atoms. The van der Waals surface area contributed by atoms with Gasteiger partial charge in [0, 0.05) is 0 Å². The zero-order chi connectivity index (χ0) is 18.7. The Balaban J connectivity index is 1.83. The summed E-state index contributed by atoms with van der Waals surface area (Å²) < 4.78 is 24.0. The molecular weight excluding hydrogens is 381 g/mol. The van der Waals surface area contributed by atoms with Gasteiger partial charge >= 0.3 is 0 Å². The molecule has 2 aromatic carbocycles. The maximum Gasteiger partial charge on any atom is 0.290 e. The highest BCUT2D eigenvalue weighted by atomic mass is 35.5. The van der Waals surface area contributed by atoms with E-state index < -0.39 is 11.1 Å². The minimum Gasteiger partial charge on any atom is -0.493 e. The van der Waals surface area contributed by atoms with Crippen LogP contribution in [0.5, 0.6) is 11.5 Å². The summed E-state index contributed by atoms with van der Waals surface area (Å²) >= 11 is 7.10. The van der Waals surface area contributed by atoms with Gasteiger partial charge in [-0.3, -0.25) is 14.9 Å². The van der Waals surface area contributed by atoms with Crippen molar-refractivity contribution in [3.63, 3.8) is 0 Å². The van der Waals surface area contributed by atoms with Crippen molar-refractivity contribution in [2.75, 3.05) is 7.11 Å². The summed E-state index contributed by atoms with van der Waals surface area (Å²) in [6.07, 6.45) is 1.54. The number of hydrogen-bond donors (Lipinski definition) is 1. The van der Waals surface area contributed by atoms with Crippen molar-refractivity contribution < 1.29 is 23.5 Å². The molecule has 0 spiro atoms. The Kier molecular flexibility index (Phi) is 5.49. The third kappa shape index (κ3) is 4.17. The first-order valence-corrected chi connectivity index (χ1v) is 8.65. The topological polar surface area (TPSA) is 64.6 Å². The normalized spacial score (nSPS) is 15.3. The van der Waals surface area contributed by atoms with Gasteiger partial charge in [0.05, 0.1) is 17.0 Å². The van der Waals surface area contributed by atoms with Crippen molar-refractivity contribution in [2.24, 2.45) is 0 Å². The van der Waals surface area contributed by atoms with Crippen LogP contribution in [0, 0.1) is 5.82 Å². The lowest BCUT2D eigenvalue weighted by Crippen LogP contribution is -2.17. The third-order valence-electron chi connectivity index (χ3n) is 3.49. The van der Waals surface area contributed by atoms with E-state index in [1.807, 2.05) is 0 Å². The van der Waals surface area contributed by atoms with Crippen LogP contribution in [0.4, 0.5) is 9.18 Å². The fourth-order valence-electron chi connectivity index (χ4n) is 2.27. The van der Waals surface area contributed by atoms with Crippen LogP contribution in [-0.2, 0) is 11.4 Å². The minimum absolute atomic E-state index is 0.184. The molecule has 1 aliphatic heterocycles. The molecular formula is C18H13ClFNO4S. The fourth-order valence-corrected chi connectivity index (χ4v) is 3.23. The second-order valence-electron chi connectivity index (χ2n) is 5.30. The van der Waals surface area contributed by atoms with Crippen molar-refractivity contribution in [3.05, 3.63) is 63.3 Å². The number of benzene rings is 2. The summed E-state index contributed by atoms with van der Waals surface area (Å²) in [6.45, 7) is 0.184. The summed E-state index contributed by atoms with van der Waals surface area (Å²) in [5, 5.41) is 2.05. The SMILES string of the molecule is COc1cc(/C=C2\SC(=O)NC2=O)cc(Cl)c1OCc1ccc(F)cc1.